The van der Waals surface area contributed by atoms with Gasteiger partial charge in [0.25, 0.3) is 5.56 Å². The van der Waals surface area contributed by atoms with Crippen LogP contribution in [0.2, 0.25) is 5.02 Å². The number of aromatic nitrogens is 4. The zero-order valence-corrected chi connectivity index (χ0v) is 22.5. The van der Waals surface area contributed by atoms with Crippen molar-refractivity contribution in [2.75, 3.05) is 0 Å². The molecule has 0 bridgehead atoms. The van der Waals surface area contributed by atoms with Gasteiger partial charge in [0.1, 0.15) is 28.3 Å². The monoisotopic (exact) mass is 553 g/mol. The molecule has 0 amide bonds. The van der Waals surface area contributed by atoms with E-state index in [0.29, 0.717) is 30.1 Å². The van der Waals surface area contributed by atoms with E-state index in [1.165, 1.54) is 0 Å². The van der Waals surface area contributed by atoms with Crippen molar-refractivity contribution in [3.63, 3.8) is 0 Å². The van der Waals surface area contributed by atoms with Gasteiger partial charge < -0.3 is 19.7 Å². The molecule has 0 fully saturated rings. The molecule has 8 nitrogen and oxygen atoms in total. The highest BCUT2D eigenvalue weighted by Gasteiger charge is 2.33. The second kappa shape index (κ2) is 10.0. The Balaban J connectivity index is 1.36. The van der Waals surface area contributed by atoms with E-state index in [-0.39, 0.29) is 40.4 Å². The lowest BCUT2D eigenvalue weighted by atomic mass is 9.88. The SMILES string of the molecule is [2H]C1([2H])CC(Oc2cc3n(c(=O)c2Cl)C2C[C@H](c4ccnc(C(C)(C)O)n4)NC=C2CCCC3)c2ncc(F)cc21. The summed E-state index contributed by atoms with van der Waals surface area (Å²) in [4.78, 5) is 26.8. The molecular weight excluding hydrogens is 521 g/mol. The molecule has 204 valence electrons. The first kappa shape index (κ1) is 23.6. The van der Waals surface area contributed by atoms with Crippen LogP contribution < -0.4 is 15.6 Å². The molecule has 3 atom stereocenters. The minimum absolute atomic E-state index is 0.0675. The zero-order chi connectivity index (χ0) is 29.1. The van der Waals surface area contributed by atoms with Crippen LogP contribution >= 0.6 is 11.6 Å². The second-order valence-electron chi connectivity index (χ2n) is 10.8. The van der Waals surface area contributed by atoms with Gasteiger partial charge in [-0.2, -0.15) is 0 Å². The summed E-state index contributed by atoms with van der Waals surface area (Å²) in [6.07, 6.45) is 5.77. The van der Waals surface area contributed by atoms with Crippen LogP contribution in [-0.2, 0) is 18.4 Å². The molecule has 0 saturated heterocycles. The molecule has 39 heavy (non-hydrogen) atoms. The molecule has 6 rings (SSSR count). The van der Waals surface area contributed by atoms with E-state index >= 15 is 0 Å². The lowest BCUT2D eigenvalue weighted by molar-refractivity contribution is 0.0682. The third-order valence-corrected chi connectivity index (χ3v) is 7.91. The molecule has 3 aromatic rings. The fraction of sp³-hybridized carbons (Fsp3) is 0.448. The van der Waals surface area contributed by atoms with Crippen molar-refractivity contribution in [2.45, 2.75) is 82.5 Å². The first-order valence-electron chi connectivity index (χ1n) is 14.2. The van der Waals surface area contributed by atoms with E-state index < -0.39 is 23.9 Å². The van der Waals surface area contributed by atoms with Gasteiger partial charge in [0, 0.05) is 20.7 Å². The Morgan fingerprint density at radius 3 is 2.92 bits per heavy atom. The number of aliphatic hydroxyl groups is 1. The Kier molecular flexibility index (Phi) is 6.06. The van der Waals surface area contributed by atoms with Gasteiger partial charge in [-0.1, -0.05) is 11.6 Å². The van der Waals surface area contributed by atoms with Gasteiger partial charge in [-0.05, 0) is 88.2 Å². The van der Waals surface area contributed by atoms with Crippen LogP contribution in [0.25, 0.3) is 0 Å². The maximum Gasteiger partial charge on any atom is 0.273 e. The van der Waals surface area contributed by atoms with Gasteiger partial charge in [-0.25, -0.2) is 14.4 Å². The zero-order valence-electron chi connectivity index (χ0n) is 23.7. The van der Waals surface area contributed by atoms with Gasteiger partial charge in [-0.3, -0.25) is 9.78 Å². The third kappa shape index (κ3) is 4.94. The number of nitrogens with zero attached hydrogens (tertiary/aromatic N) is 4. The number of ether oxygens (including phenoxy) is 1. The topological polar surface area (TPSA) is 102 Å². The molecule has 3 aliphatic rings. The van der Waals surface area contributed by atoms with E-state index in [4.69, 9.17) is 19.1 Å². The Morgan fingerprint density at radius 1 is 1.28 bits per heavy atom. The van der Waals surface area contributed by atoms with Crippen molar-refractivity contribution in [2.24, 2.45) is 0 Å². The Hall–Kier alpha value is -3.30. The third-order valence-electron chi connectivity index (χ3n) is 7.57. The number of pyridine rings is 2. The Bertz CT molecular complexity index is 1610. The summed E-state index contributed by atoms with van der Waals surface area (Å²) >= 11 is 6.67. The number of halogens is 2. The number of allylic oxidation sites excluding steroid dienone is 1. The molecule has 0 radical (unpaired) electrons. The summed E-state index contributed by atoms with van der Waals surface area (Å²) in [5.41, 5.74) is 1.46. The van der Waals surface area contributed by atoms with Crippen LogP contribution in [0.1, 0.15) is 95.4 Å². The minimum atomic E-state index is -1.82. The second-order valence-corrected chi connectivity index (χ2v) is 11.2. The highest BCUT2D eigenvalue weighted by molar-refractivity contribution is 6.31. The molecule has 2 aliphatic heterocycles. The molecule has 0 saturated carbocycles. The quantitative estimate of drug-likeness (QED) is 0.468. The van der Waals surface area contributed by atoms with Gasteiger partial charge in [0.05, 0.1) is 29.7 Å². The lowest BCUT2D eigenvalue weighted by Crippen LogP contribution is -2.36. The molecule has 10 heteroatoms. The van der Waals surface area contributed by atoms with E-state index in [1.54, 1.807) is 36.7 Å². The molecule has 5 heterocycles. The fourth-order valence-electron chi connectivity index (χ4n) is 5.60. The highest BCUT2D eigenvalue weighted by Crippen LogP contribution is 2.40. The fourth-order valence-corrected chi connectivity index (χ4v) is 5.79. The van der Waals surface area contributed by atoms with E-state index in [9.17, 15) is 14.3 Å². The van der Waals surface area contributed by atoms with Crippen molar-refractivity contribution >= 4 is 11.6 Å². The van der Waals surface area contributed by atoms with Crippen LogP contribution in [0, 0.1) is 5.82 Å². The maximum absolute atomic E-state index is 13.9. The van der Waals surface area contributed by atoms with E-state index in [0.717, 1.165) is 42.8 Å². The van der Waals surface area contributed by atoms with Crippen molar-refractivity contribution in [3.8, 4) is 5.75 Å². The predicted molar refractivity (Wildman–Crippen MR) is 144 cm³/mol. The van der Waals surface area contributed by atoms with Gasteiger partial charge in [0.15, 0.2) is 5.82 Å². The average molecular weight is 554 g/mol. The number of aryl methyl sites for hydroxylation is 2. The predicted octanol–water partition coefficient (Wildman–Crippen LogP) is 5.01. The van der Waals surface area contributed by atoms with Crippen molar-refractivity contribution in [1.29, 1.82) is 0 Å². The van der Waals surface area contributed by atoms with Crippen LogP contribution in [0.3, 0.4) is 0 Å². The van der Waals surface area contributed by atoms with Crippen molar-refractivity contribution in [1.82, 2.24) is 24.8 Å². The molecular formula is C29H31ClFN5O3. The highest BCUT2D eigenvalue weighted by atomic mass is 35.5. The van der Waals surface area contributed by atoms with Gasteiger partial charge in [-0.15, -0.1) is 0 Å². The number of fused-ring (bicyclic) bond motifs is 4. The van der Waals surface area contributed by atoms with Gasteiger partial charge >= 0.3 is 0 Å². The molecule has 1 aliphatic carbocycles. The Labute approximate surface area is 233 Å². The number of rotatable bonds is 4. The van der Waals surface area contributed by atoms with Crippen molar-refractivity contribution < 1.29 is 17.0 Å². The summed E-state index contributed by atoms with van der Waals surface area (Å²) in [7, 11) is 0. The molecule has 0 spiro atoms. The Morgan fingerprint density at radius 2 is 2.10 bits per heavy atom. The molecule has 2 unspecified atom stereocenters. The average Bonchev–Trinajstić information content (AvgIpc) is 3.16. The van der Waals surface area contributed by atoms with E-state index in [1.807, 2.05) is 6.20 Å². The summed E-state index contributed by atoms with van der Waals surface area (Å²) < 4.78 is 38.4. The maximum atomic E-state index is 13.9. The number of hydrogen-bond acceptors (Lipinski definition) is 7. The molecule has 2 N–H and O–H groups in total. The minimum Gasteiger partial charge on any atom is -0.482 e. The van der Waals surface area contributed by atoms with Crippen LogP contribution in [0.15, 0.2) is 47.2 Å². The van der Waals surface area contributed by atoms with Crippen LogP contribution in [-0.4, -0.2) is 24.6 Å². The first-order chi connectivity index (χ1) is 19.4. The number of nitrogens with one attached hydrogen (secondary N) is 1. The summed E-state index contributed by atoms with van der Waals surface area (Å²) in [5, 5.41) is 13.8. The van der Waals surface area contributed by atoms with Crippen molar-refractivity contribution in [3.05, 3.63) is 92.0 Å². The smallest absolute Gasteiger partial charge is 0.273 e. The summed E-state index contributed by atoms with van der Waals surface area (Å²) in [5.74, 6) is -0.125. The lowest BCUT2D eigenvalue weighted by Gasteiger charge is -2.35. The largest absolute Gasteiger partial charge is 0.482 e. The normalized spacial score (nSPS) is 24.5. The van der Waals surface area contributed by atoms with Gasteiger partial charge in [0.2, 0.25) is 0 Å². The summed E-state index contributed by atoms with van der Waals surface area (Å²) in [6, 6.07) is 4.25. The van der Waals surface area contributed by atoms with E-state index in [2.05, 4.69) is 20.3 Å². The van der Waals surface area contributed by atoms with Crippen LogP contribution in [0.4, 0.5) is 4.39 Å². The summed E-state index contributed by atoms with van der Waals surface area (Å²) in [6.45, 7) is 3.27. The van der Waals surface area contributed by atoms with Crippen LogP contribution in [0.5, 0.6) is 5.75 Å². The molecule has 3 aromatic heterocycles. The standard InChI is InChI=1S/C29H31ClFN5O3/c1-29(2,38)28-32-10-9-20(35-28)21-13-22-17(14-33-21)5-3-4-6-19-12-24(25(30)27(37)36(19)22)39-23-8-7-16-11-18(31)15-34-26(16)23/h9-12,14-15,21-23,33,38H,3-8,13H2,1-2H3/t21-,22?,23?/m1/s1/i7D2. The first-order valence-corrected chi connectivity index (χ1v) is 13.6. The molecule has 0 aromatic carbocycles. The number of hydrogen-bond donors (Lipinski definition) is 2.